The second-order valence-corrected chi connectivity index (χ2v) is 9.99. The van der Waals surface area contributed by atoms with Crippen molar-refractivity contribution < 1.29 is 9.32 Å². The largest absolute Gasteiger partial charge is 0.356 e. The van der Waals surface area contributed by atoms with Crippen LogP contribution in [0.1, 0.15) is 30.7 Å². The van der Waals surface area contributed by atoms with Gasteiger partial charge in [0.05, 0.1) is 17.3 Å². The van der Waals surface area contributed by atoms with Crippen LogP contribution in [-0.4, -0.2) is 46.3 Å². The fraction of sp³-hybridized carbons (Fsp3) is 0.435. The Balaban J connectivity index is 1.17. The van der Waals surface area contributed by atoms with Gasteiger partial charge in [-0.2, -0.15) is 4.98 Å². The van der Waals surface area contributed by atoms with Crippen molar-refractivity contribution in [2.45, 2.75) is 37.6 Å². The van der Waals surface area contributed by atoms with Gasteiger partial charge in [-0.05, 0) is 62.1 Å². The van der Waals surface area contributed by atoms with Crippen LogP contribution in [0.4, 0.5) is 0 Å². The molecule has 164 valence electrons. The normalized spacial score (nSPS) is 17.0. The third-order valence-electron chi connectivity index (χ3n) is 5.35. The lowest BCUT2D eigenvalue weighted by Crippen LogP contribution is -2.43. The van der Waals surface area contributed by atoms with Gasteiger partial charge in [-0.3, -0.25) is 9.69 Å². The van der Waals surface area contributed by atoms with Gasteiger partial charge in [0, 0.05) is 18.0 Å². The zero-order valence-electron chi connectivity index (χ0n) is 17.8. The maximum Gasteiger partial charge on any atom is 0.241 e. The highest BCUT2D eigenvalue weighted by Gasteiger charge is 2.26. The van der Waals surface area contributed by atoms with Crippen LogP contribution in [0.25, 0.3) is 10.7 Å². The number of nitrogens with zero attached hydrogens (tertiary/aromatic N) is 3. The van der Waals surface area contributed by atoms with Crippen molar-refractivity contribution in [3.63, 3.8) is 0 Å². The summed E-state index contributed by atoms with van der Waals surface area (Å²) >= 11 is 3.43. The Morgan fingerprint density at radius 2 is 2.19 bits per heavy atom. The van der Waals surface area contributed by atoms with E-state index < -0.39 is 0 Å². The minimum absolute atomic E-state index is 0.0261. The maximum atomic E-state index is 12.6. The van der Waals surface area contributed by atoms with Crippen LogP contribution >= 0.6 is 23.1 Å². The van der Waals surface area contributed by atoms with Crippen LogP contribution in [0.2, 0.25) is 0 Å². The number of nitrogens with one attached hydrogen (secondary N) is 1. The summed E-state index contributed by atoms with van der Waals surface area (Å²) in [5.41, 5.74) is 1.28. The smallest absolute Gasteiger partial charge is 0.241 e. The molecule has 8 heteroatoms. The van der Waals surface area contributed by atoms with E-state index in [0.717, 1.165) is 49.5 Å². The number of rotatable bonds is 9. The molecule has 6 nitrogen and oxygen atoms in total. The second-order valence-electron chi connectivity index (χ2n) is 7.87. The van der Waals surface area contributed by atoms with E-state index in [2.05, 4.69) is 51.5 Å². The predicted octanol–water partition coefficient (Wildman–Crippen LogP) is 4.62. The fourth-order valence-corrected chi connectivity index (χ4v) is 5.18. The number of thiophene rings is 1. The molecule has 1 saturated heterocycles. The van der Waals surface area contributed by atoms with Gasteiger partial charge in [-0.1, -0.05) is 28.9 Å². The molecule has 31 heavy (non-hydrogen) atoms. The molecular formula is C23H28N4O2S2. The summed E-state index contributed by atoms with van der Waals surface area (Å²) in [5, 5.41) is 9.21. The Labute approximate surface area is 191 Å². The molecule has 1 aromatic carbocycles. The summed E-state index contributed by atoms with van der Waals surface area (Å²) in [6, 6.07) is 12.5. The minimum atomic E-state index is 0.0261. The molecular weight excluding hydrogens is 428 g/mol. The Bertz CT molecular complexity index is 956. The first-order chi connectivity index (χ1) is 15.2. The van der Waals surface area contributed by atoms with E-state index >= 15 is 0 Å². The number of hydrogen-bond acceptors (Lipinski definition) is 7. The third kappa shape index (κ3) is 6.41. The molecule has 1 fully saturated rings. The maximum absolute atomic E-state index is 12.6. The van der Waals surface area contributed by atoms with Crippen LogP contribution in [0.15, 0.2) is 51.2 Å². The van der Waals surface area contributed by atoms with Crippen molar-refractivity contribution in [3.05, 3.63) is 53.2 Å². The van der Waals surface area contributed by atoms with Crippen LogP contribution < -0.4 is 5.32 Å². The molecule has 1 N–H and O–H groups in total. The van der Waals surface area contributed by atoms with Gasteiger partial charge in [0.1, 0.15) is 0 Å². The second kappa shape index (κ2) is 10.9. The van der Waals surface area contributed by atoms with E-state index in [1.165, 1.54) is 10.5 Å². The van der Waals surface area contributed by atoms with Gasteiger partial charge in [0.15, 0.2) is 0 Å². The van der Waals surface area contributed by atoms with E-state index in [9.17, 15) is 4.79 Å². The Morgan fingerprint density at radius 1 is 1.32 bits per heavy atom. The third-order valence-corrected chi connectivity index (χ3v) is 7.32. The van der Waals surface area contributed by atoms with Crippen LogP contribution in [-0.2, 0) is 11.3 Å². The molecule has 4 rings (SSSR count). The average molecular weight is 457 g/mol. The zero-order chi connectivity index (χ0) is 21.5. The molecule has 1 unspecified atom stereocenters. The van der Waals surface area contributed by atoms with Crippen molar-refractivity contribution in [2.75, 3.05) is 25.4 Å². The molecule has 0 radical (unpaired) electrons. The van der Waals surface area contributed by atoms with Crippen LogP contribution in [0.3, 0.4) is 0 Å². The van der Waals surface area contributed by atoms with Gasteiger partial charge in [0.2, 0.25) is 17.6 Å². The number of amides is 1. The molecule has 1 aliphatic heterocycles. The summed E-state index contributed by atoms with van der Waals surface area (Å²) in [4.78, 5) is 21.7. The number of thioether (sulfide) groups is 1. The van der Waals surface area contributed by atoms with Gasteiger partial charge >= 0.3 is 0 Å². The molecule has 0 spiro atoms. The Morgan fingerprint density at radius 3 is 3.00 bits per heavy atom. The molecule has 0 saturated carbocycles. The van der Waals surface area contributed by atoms with Crippen molar-refractivity contribution >= 4 is 29.0 Å². The summed E-state index contributed by atoms with van der Waals surface area (Å²) in [6.07, 6.45) is 2.91. The summed E-state index contributed by atoms with van der Waals surface area (Å²) in [6.45, 7) is 5.10. The molecule has 0 aliphatic carbocycles. The van der Waals surface area contributed by atoms with Crippen LogP contribution in [0.5, 0.6) is 0 Å². The number of aromatic nitrogens is 2. The Kier molecular flexibility index (Phi) is 7.77. The fourth-order valence-electron chi connectivity index (χ4n) is 3.68. The SMILES string of the molecule is Cc1ccc(SCCCNC(=O)C2CCCN(Cc3nc(-c4cccs4)no3)C2)cc1. The van der Waals surface area contributed by atoms with E-state index in [1.54, 1.807) is 11.3 Å². The monoisotopic (exact) mass is 456 g/mol. The zero-order valence-corrected chi connectivity index (χ0v) is 19.4. The van der Waals surface area contributed by atoms with E-state index in [4.69, 9.17) is 4.52 Å². The quantitative estimate of drug-likeness (QED) is 0.374. The predicted molar refractivity (Wildman–Crippen MR) is 125 cm³/mol. The van der Waals surface area contributed by atoms with E-state index in [-0.39, 0.29) is 11.8 Å². The van der Waals surface area contributed by atoms with Gasteiger partial charge < -0.3 is 9.84 Å². The topological polar surface area (TPSA) is 71.3 Å². The van der Waals surface area contributed by atoms with Crippen molar-refractivity contribution in [1.29, 1.82) is 0 Å². The number of aryl methyl sites for hydroxylation is 1. The molecule has 1 amide bonds. The first-order valence-electron chi connectivity index (χ1n) is 10.7. The summed E-state index contributed by atoms with van der Waals surface area (Å²) in [5.74, 6) is 2.44. The number of likely N-dealkylation sites (tertiary alicyclic amines) is 1. The highest BCUT2D eigenvalue weighted by Crippen LogP contribution is 2.23. The number of hydrogen-bond donors (Lipinski definition) is 1. The molecule has 3 heterocycles. The molecule has 2 aromatic heterocycles. The van der Waals surface area contributed by atoms with Gasteiger partial charge in [-0.25, -0.2) is 0 Å². The van der Waals surface area contributed by atoms with Crippen molar-refractivity contribution in [1.82, 2.24) is 20.4 Å². The molecule has 1 aliphatic rings. The first-order valence-corrected chi connectivity index (χ1v) is 12.6. The minimum Gasteiger partial charge on any atom is -0.356 e. The summed E-state index contributed by atoms with van der Waals surface area (Å²) < 4.78 is 5.42. The standard InChI is InChI=1S/C23H28N4O2S2/c1-17-7-9-19(10-8-17)30-14-4-11-24-23(28)18-5-2-12-27(15-18)16-21-25-22(26-29-21)20-6-3-13-31-20/h3,6-10,13,18H,2,4-5,11-12,14-16H2,1H3,(H,24,28). The Hall–Kier alpha value is -2.16. The lowest BCUT2D eigenvalue weighted by Gasteiger charge is -2.30. The number of piperidine rings is 1. The highest BCUT2D eigenvalue weighted by molar-refractivity contribution is 7.99. The lowest BCUT2D eigenvalue weighted by molar-refractivity contribution is -0.126. The lowest BCUT2D eigenvalue weighted by atomic mass is 9.97. The first kappa shape index (κ1) is 22.0. The number of benzene rings is 1. The highest BCUT2D eigenvalue weighted by atomic mass is 32.2. The van der Waals surface area contributed by atoms with Crippen molar-refractivity contribution in [3.8, 4) is 10.7 Å². The van der Waals surface area contributed by atoms with Gasteiger partial charge in [-0.15, -0.1) is 23.1 Å². The van der Waals surface area contributed by atoms with E-state index in [1.807, 2.05) is 29.3 Å². The number of carbonyl (C=O) groups excluding carboxylic acids is 1. The van der Waals surface area contributed by atoms with E-state index in [0.29, 0.717) is 18.3 Å². The van der Waals surface area contributed by atoms with Crippen molar-refractivity contribution in [2.24, 2.45) is 5.92 Å². The molecule has 0 bridgehead atoms. The number of carbonyl (C=O) groups is 1. The molecule has 1 atom stereocenters. The molecule has 3 aromatic rings. The summed E-state index contributed by atoms with van der Waals surface area (Å²) in [7, 11) is 0. The van der Waals surface area contributed by atoms with Crippen LogP contribution in [0, 0.1) is 12.8 Å². The van der Waals surface area contributed by atoms with Gasteiger partial charge in [0.25, 0.3) is 0 Å². The average Bonchev–Trinajstić information content (AvgIpc) is 3.47.